The topological polar surface area (TPSA) is 47.6 Å². The Kier molecular flexibility index (Phi) is 11.7. The third kappa shape index (κ3) is 11.3. The van der Waals surface area contributed by atoms with E-state index in [1.54, 1.807) is 7.11 Å². The zero-order valence-electron chi connectivity index (χ0n) is 10.6. The molecule has 0 fully saturated rings. The number of carbonyl (C=O) groups is 1. The van der Waals surface area contributed by atoms with Gasteiger partial charge in [0.25, 0.3) is 0 Å². The molecule has 0 radical (unpaired) electrons. The monoisotopic (exact) mass is 231 g/mol. The number of alkyl carbamates (subject to hydrolysis) is 1. The smallest absolute Gasteiger partial charge is 0.407 e. The highest BCUT2D eigenvalue weighted by molar-refractivity contribution is 5.66. The Morgan fingerprint density at radius 2 is 1.75 bits per heavy atom. The van der Waals surface area contributed by atoms with E-state index in [1.807, 2.05) is 0 Å². The summed E-state index contributed by atoms with van der Waals surface area (Å²) in [5.41, 5.74) is 0. The zero-order valence-corrected chi connectivity index (χ0v) is 10.6. The SMILES string of the molecule is CCCCCCCCOC(=O)NCCOC. The second-order valence-corrected chi connectivity index (χ2v) is 3.82. The van der Waals surface area contributed by atoms with Crippen LogP contribution in [0.5, 0.6) is 0 Å². The minimum atomic E-state index is -0.342. The fourth-order valence-corrected chi connectivity index (χ4v) is 1.35. The molecule has 0 aliphatic carbocycles. The van der Waals surface area contributed by atoms with Gasteiger partial charge in [0.05, 0.1) is 13.2 Å². The van der Waals surface area contributed by atoms with Crippen molar-refractivity contribution < 1.29 is 14.3 Å². The summed E-state index contributed by atoms with van der Waals surface area (Å²) in [5, 5.41) is 2.61. The van der Waals surface area contributed by atoms with Gasteiger partial charge in [0, 0.05) is 13.7 Å². The minimum absolute atomic E-state index is 0.342. The second-order valence-electron chi connectivity index (χ2n) is 3.82. The Balaban J connectivity index is 3.09. The summed E-state index contributed by atoms with van der Waals surface area (Å²) in [6.45, 7) is 3.75. The molecule has 0 atom stereocenters. The summed E-state index contributed by atoms with van der Waals surface area (Å²) >= 11 is 0. The van der Waals surface area contributed by atoms with Crippen molar-refractivity contribution in [1.29, 1.82) is 0 Å². The third-order valence-electron chi connectivity index (χ3n) is 2.31. The zero-order chi connectivity index (χ0) is 12.1. The van der Waals surface area contributed by atoms with Crippen molar-refractivity contribution >= 4 is 6.09 Å². The summed E-state index contributed by atoms with van der Waals surface area (Å²) in [7, 11) is 1.60. The highest BCUT2D eigenvalue weighted by Crippen LogP contribution is 2.04. The molecule has 0 unspecified atom stereocenters. The van der Waals surface area contributed by atoms with E-state index in [4.69, 9.17) is 9.47 Å². The number of ether oxygens (including phenoxy) is 2. The fourth-order valence-electron chi connectivity index (χ4n) is 1.35. The molecule has 4 heteroatoms. The number of hydrogen-bond donors (Lipinski definition) is 1. The van der Waals surface area contributed by atoms with Crippen LogP contribution >= 0.6 is 0 Å². The number of hydrogen-bond acceptors (Lipinski definition) is 3. The van der Waals surface area contributed by atoms with Crippen molar-refractivity contribution in [3.8, 4) is 0 Å². The van der Waals surface area contributed by atoms with Gasteiger partial charge in [-0.25, -0.2) is 4.79 Å². The van der Waals surface area contributed by atoms with E-state index in [-0.39, 0.29) is 6.09 Å². The predicted molar refractivity (Wildman–Crippen MR) is 64.6 cm³/mol. The maximum Gasteiger partial charge on any atom is 0.407 e. The first kappa shape index (κ1) is 15.2. The first-order valence-corrected chi connectivity index (χ1v) is 6.20. The van der Waals surface area contributed by atoms with E-state index in [9.17, 15) is 4.79 Å². The van der Waals surface area contributed by atoms with Gasteiger partial charge in [0.15, 0.2) is 0 Å². The molecule has 0 rings (SSSR count). The first-order chi connectivity index (χ1) is 7.81. The number of unbranched alkanes of at least 4 members (excludes halogenated alkanes) is 5. The molecule has 0 aliphatic heterocycles. The largest absolute Gasteiger partial charge is 0.450 e. The van der Waals surface area contributed by atoms with Crippen molar-refractivity contribution in [1.82, 2.24) is 5.32 Å². The second kappa shape index (κ2) is 12.3. The van der Waals surface area contributed by atoms with Crippen LogP contribution in [-0.4, -0.2) is 33.0 Å². The van der Waals surface area contributed by atoms with Gasteiger partial charge in [-0.2, -0.15) is 0 Å². The molecular formula is C12H25NO3. The van der Waals surface area contributed by atoms with Gasteiger partial charge < -0.3 is 14.8 Å². The van der Waals surface area contributed by atoms with Gasteiger partial charge in [0.1, 0.15) is 0 Å². The molecule has 1 N–H and O–H groups in total. The number of methoxy groups -OCH3 is 1. The molecule has 4 nitrogen and oxygen atoms in total. The van der Waals surface area contributed by atoms with Gasteiger partial charge in [-0.3, -0.25) is 0 Å². The first-order valence-electron chi connectivity index (χ1n) is 6.20. The lowest BCUT2D eigenvalue weighted by atomic mass is 10.1. The Hall–Kier alpha value is -0.770. The van der Waals surface area contributed by atoms with Crippen LogP contribution in [0.4, 0.5) is 4.79 Å². The predicted octanol–water partition coefficient (Wildman–Crippen LogP) is 2.72. The molecule has 0 aromatic carbocycles. The standard InChI is InChI=1S/C12H25NO3/c1-3-4-5-6-7-8-10-16-12(14)13-9-11-15-2/h3-11H2,1-2H3,(H,13,14). The summed E-state index contributed by atoms with van der Waals surface area (Å²) in [4.78, 5) is 11.1. The van der Waals surface area contributed by atoms with Crippen molar-refractivity contribution in [2.24, 2.45) is 0 Å². The van der Waals surface area contributed by atoms with Gasteiger partial charge in [0.2, 0.25) is 0 Å². The molecule has 96 valence electrons. The molecule has 0 heterocycles. The van der Waals surface area contributed by atoms with Crippen LogP contribution in [-0.2, 0) is 9.47 Å². The average molecular weight is 231 g/mol. The molecular weight excluding hydrogens is 206 g/mol. The Bertz CT molecular complexity index is 162. The molecule has 0 aliphatic rings. The molecule has 0 bridgehead atoms. The van der Waals surface area contributed by atoms with Crippen LogP contribution < -0.4 is 5.32 Å². The van der Waals surface area contributed by atoms with E-state index in [0.29, 0.717) is 19.8 Å². The van der Waals surface area contributed by atoms with Crippen LogP contribution in [0.3, 0.4) is 0 Å². The molecule has 0 spiro atoms. The number of nitrogens with one attached hydrogen (secondary N) is 1. The van der Waals surface area contributed by atoms with Gasteiger partial charge in [-0.15, -0.1) is 0 Å². The van der Waals surface area contributed by atoms with Gasteiger partial charge in [-0.1, -0.05) is 39.0 Å². The Morgan fingerprint density at radius 3 is 2.44 bits per heavy atom. The molecule has 0 saturated carbocycles. The average Bonchev–Trinajstić information content (AvgIpc) is 2.28. The Morgan fingerprint density at radius 1 is 1.06 bits per heavy atom. The highest BCUT2D eigenvalue weighted by Gasteiger charge is 1.99. The molecule has 0 saturated heterocycles. The summed E-state index contributed by atoms with van der Waals surface area (Å²) in [6, 6.07) is 0. The highest BCUT2D eigenvalue weighted by atomic mass is 16.5. The lowest BCUT2D eigenvalue weighted by Gasteiger charge is -2.06. The van der Waals surface area contributed by atoms with Crippen molar-refractivity contribution in [3.05, 3.63) is 0 Å². The lowest BCUT2D eigenvalue weighted by Crippen LogP contribution is -2.27. The van der Waals surface area contributed by atoms with Crippen LogP contribution in [0.1, 0.15) is 45.4 Å². The minimum Gasteiger partial charge on any atom is -0.450 e. The summed E-state index contributed by atoms with van der Waals surface area (Å²) < 4.78 is 9.79. The summed E-state index contributed by atoms with van der Waals surface area (Å²) in [6.07, 6.45) is 6.85. The van der Waals surface area contributed by atoms with Crippen LogP contribution in [0.15, 0.2) is 0 Å². The Labute approximate surface area is 98.7 Å². The number of rotatable bonds is 10. The normalized spacial score (nSPS) is 10.1. The van der Waals surface area contributed by atoms with Gasteiger partial charge >= 0.3 is 6.09 Å². The van der Waals surface area contributed by atoms with Crippen molar-refractivity contribution in [2.45, 2.75) is 45.4 Å². The maximum absolute atomic E-state index is 11.1. The van der Waals surface area contributed by atoms with E-state index < -0.39 is 0 Å². The van der Waals surface area contributed by atoms with E-state index in [0.717, 1.165) is 12.8 Å². The maximum atomic E-state index is 11.1. The van der Waals surface area contributed by atoms with E-state index in [2.05, 4.69) is 12.2 Å². The van der Waals surface area contributed by atoms with Crippen LogP contribution in [0.25, 0.3) is 0 Å². The molecule has 0 aromatic heterocycles. The van der Waals surface area contributed by atoms with Crippen LogP contribution in [0, 0.1) is 0 Å². The lowest BCUT2D eigenvalue weighted by molar-refractivity contribution is 0.137. The van der Waals surface area contributed by atoms with E-state index in [1.165, 1.54) is 25.7 Å². The van der Waals surface area contributed by atoms with Crippen molar-refractivity contribution in [3.63, 3.8) is 0 Å². The quantitative estimate of drug-likeness (QED) is 0.588. The fraction of sp³-hybridized carbons (Fsp3) is 0.917. The van der Waals surface area contributed by atoms with E-state index >= 15 is 0 Å². The van der Waals surface area contributed by atoms with Crippen molar-refractivity contribution in [2.75, 3.05) is 26.9 Å². The van der Waals surface area contributed by atoms with Crippen LogP contribution in [0.2, 0.25) is 0 Å². The van der Waals surface area contributed by atoms with Gasteiger partial charge in [-0.05, 0) is 6.42 Å². The number of amides is 1. The molecule has 16 heavy (non-hydrogen) atoms. The molecule has 1 amide bonds. The molecule has 0 aromatic rings. The summed E-state index contributed by atoms with van der Waals surface area (Å²) in [5.74, 6) is 0. The number of carbonyl (C=O) groups excluding carboxylic acids is 1. The third-order valence-corrected chi connectivity index (χ3v) is 2.31.